The minimum Gasteiger partial charge on any atom is -0.376 e. The van der Waals surface area contributed by atoms with Crippen molar-refractivity contribution in [2.75, 3.05) is 17.7 Å². The van der Waals surface area contributed by atoms with E-state index in [0.29, 0.717) is 34.8 Å². The van der Waals surface area contributed by atoms with Crippen LogP contribution in [0.1, 0.15) is 18.7 Å². The molecule has 2 aromatic carbocycles. The van der Waals surface area contributed by atoms with Gasteiger partial charge in [0.2, 0.25) is 11.9 Å². The number of nitrogens with zero attached hydrogens (tertiary/aromatic N) is 6. The summed E-state index contributed by atoms with van der Waals surface area (Å²) in [5, 5.41) is 12.4. The van der Waals surface area contributed by atoms with Crippen LogP contribution < -0.4 is 11.1 Å². The van der Waals surface area contributed by atoms with E-state index in [9.17, 15) is 8.78 Å². The molecule has 1 fully saturated rings. The molecule has 0 unspecified atom stereocenters. The molecular formula is C23H22F2N8OS. The molecule has 0 spiro atoms. The normalized spacial score (nSPS) is 15.4. The first-order valence-corrected chi connectivity index (χ1v) is 12.0. The van der Waals surface area contributed by atoms with Crippen molar-refractivity contribution in [1.82, 2.24) is 29.7 Å². The quantitative estimate of drug-likeness (QED) is 0.346. The number of anilines is 3. The van der Waals surface area contributed by atoms with Crippen LogP contribution in [0.25, 0.3) is 11.4 Å². The first-order valence-electron chi connectivity index (χ1n) is 11.0. The largest absolute Gasteiger partial charge is 0.376 e. The molecule has 3 N–H and O–H groups in total. The Morgan fingerprint density at radius 1 is 1.00 bits per heavy atom. The van der Waals surface area contributed by atoms with Gasteiger partial charge in [0.15, 0.2) is 11.0 Å². The fraction of sp³-hybridized carbons (Fsp3) is 0.261. The number of halogens is 2. The summed E-state index contributed by atoms with van der Waals surface area (Å²) in [6, 6.07) is 12.0. The summed E-state index contributed by atoms with van der Waals surface area (Å²) < 4.78 is 34.4. The number of nitrogens with one attached hydrogen (secondary N) is 1. The molecule has 0 radical (unpaired) electrons. The number of ether oxygens (including phenoxy) is 1. The number of thioether (sulfide) groups is 1. The second kappa shape index (κ2) is 10.3. The van der Waals surface area contributed by atoms with E-state index in [2.05, 4.69) is 30.5 Å². The number of hydrogen-bond donors (Lipinski definition) is 2. The van der Waals surface area contributed by atoms with Crippen LogP contribution in [0.2, 0.25) is 0 Å². The third kappa shape index (κ3) is 5.72. The van der Waals surface area contributed by atoms with Crippen molar-refractivity contribution < 1.29 is 13.5 Å². The molecule has 5 rings (SSSR count). The Labute approximate surface area is 204 Å². The van der Waals surface area contributed by atoms with Crippen molar-refractivity contribution in [1.29, 1.82) is 0 Å². The smallest absolute Gasteiger partial charge is 0.232 e. The van der Waals surface area contributed by atoms with E-state index in [1.54, 1.807) is 24.3 Å². The van der Waals surface area contributed by atoms with Gasteiger partial charge >= 0.3 is 0 Å². The molecule has 1 atom stereocenters. The van der Waals surface area contributed by atoms with Gasteiger partial charge in [-0.3, -0.25) is 4.57 Å². The minimum atomic E-state index is -0.338. The first kappa shape index (κ1) is 23.1. The van der Waals surface area contributed by atoms with Gasteiger partial charge in [0.05, 0.1) is 18.4 Å². The fourth-order valence-corrected chi connectivity index (χ4v) is 4.52. The van der Waals surface area contributed by atoms with Crippen LogP contribution in [0.15, 0.2) is 53.7 Å². The Bertz CT molecular complexity index is 1290. The van der Waals surface area contributed by atoms with Gasteiger partial charge in [-0.05, 0) is 61.4 Å². The van der Waals surface area contributed by atoms with Crippen LogP contribution in [-0.2, 0) is 17.0 Å². The highest BCUT2D eigenvalue weighted by molar-refractivity contribution is 7.98. The summed E-state index contributed by atoms with van der Waals surface area (Å²) in [7, 11) is 0. The molecule has 180 valence electrons. The molecule has 1 aliphatic rings. The van der Waals surface area contributed by atoms with Crippen LogP contribution in [0, 0.1) is 11.6 Å². The highest BCUT2D eigenvalue weighted by Gasteiger charge is 2.22. The Hall–Kier alpha value is -3.64. The lowest BCUT2D eigenvalue weighted by molar-refractivity contribution is 0.0953. The number of nitrogen functional groups attached to an aromatic ring is 1. The maximum atomic E-state index is 13.4. The summed E-state index contributed by atoms with van der Waals surface area (Å²) in [5.41, 5.74) is 7.27. The maximum absolute atomic E-state index is 13.4. The third-order valence-electron chi connectivity index (χ3n) is 5.36. The van der Waals surface area contributed by atoms with Gasteiger partial charge in [-0.1, -0.05) is 11.8 Å². The summed E-state index contributed by atoms with van der Waals surface area (Å²) in [6.45, 7) is 1.31. The van der Waals surface area contributed by atoms with Crippen LogP contribution >= 0.6 is 11.8 Å². The molecule has 9 nitrogen and oxygen atoms in total. The predicted molar refractivity (Wildman–Crippen MR) is 128 cm³/mol. The zero-order valence-corrected chi connectivity index (χ0v) is 19.4. The third-order valence-corrected chi connectivity index (χ3v) is 6.32. The monoisotopic (exact) mass is 496 g/mol. The topological polar surface area (TPSA) is 117 Å². The van der Waals surface area contributed by atoms with E-state index < -0.39 is 0 Å². The lowest BCUT2D eigenvalue weighted by Crippen LogP contribution is -2.16. The van der Waals surface area contributed by atoms with Crippen molar-refractivity contribution in [2.24, 2.45) is 0 Å². The number of nitrogens with two attached hydrogens (primary N) is 1. The predicted octanol–water partition coefficient (Wildman–Crippen LogP) is 4.21. The second-order valence-electron chi connectivity index (χ2n) is 7.91. The van der Waals surface area contributed by atoms with Gasteiger partial charge in [-0.25, -0.2) is 8.78 Å². The van der Waals surface area contributed by atoms with E-state index in [4.69, 9.17) is 10.5 Å². The molecule has 35 heavy (non-hydrogen) atoms. The zero-order chi connectivity index (χ0) is 24.2. The van der Waals surface area contributed by atoms with Crippen LogP contribution in [0.3, 0.4) is 0 Å². The molecule has 4 aromatic rings. The lowest BCUT2D eigenvalue weighted by Gasteiger charge is -2.14. The van der Waals surface area contributed by atoms with Gasteiger partial charge < -0.3 is 15.8 Å². The summed E-state index contributed by atoms with van der Waals surface area (Å²) >= 11 is 1.40. The second-order valence-corrected chi connectivity index (χ2v) is 8.86. The molecule has 12 heteroatoms. The van der Waals surface area contributed by atoms with Crippen molar-refractivity contribution in [2.45, 2.75) is 36.4 Å². The molecular weight excluding hydrogens is 474 g/mol. The van der Waals surface area contributed by atoms with Crippen LogP contribution in [0.4, 0.5) is 26.4 Å². The first-order chi connectivity index (χ1) is 17.0. The number of rotatable bonds is 8. The van der Waals surface area contributed by atoms with Gasteiger partial charge in [0.1, 0.15) is 17.5 Å². The van der Waals surface area contributed by atoms with E-state index in [1.165, 1.54) is 36.0 Å². The van der Waals surface area contributed by atoms with Crippen LogP contribution in [0.5, 0.6) is 0 Å². The molecule has 0 aliphatic carbocycles. The highest BCUT2D eigenvalue weighted by atomic mass is 32.2. The molecule has 0 saturated carbocycles. The maximum Gasteiger partial charge on any atom is 0.232 e. The SMILES string of the molecule is Nc1nc(CSc2nnc(-c3ccc(F)cc3)n2C[C@@H]2CCCO2)nc(Nc2ccc(F)cc2)n1. The number of aromatic nitrogens is 6. The molecule has 1 saturated heterocycles. The van der Waals surface area contributed by atoms with E-state index in [0.717, 1.165) is 25.0 Å². The van der Waals surface area contributed by atoms with E-state index in [1.807, 2.05) is 4.57 Å². The van der Waals surface area contributed by atoms with Gasteiger partial charge in [0, 0.05) is 17.9 Å². The van der Waals surface area contributed by atoms with Gasteiger partial charge in [-0.2, -0.15) is 15.0 Å². The summed E-state index contributed by atoms with van der Waals surface area (Å²) in [4.78, 5) is 12.7. The molecule has 0 amide bonds. The molecule has 0 bridgehead atoms. The zero-order valence-electron chi connectivity index (χ0n) is 18.6. The number of benzene rings is 2. The van der Waals surface area contributed by atoms with Crippen LogP contribution in [-0.4, -0.2) is 42.4 Å². The Balaban J connectivity index is 1.36. The van der Waals surface area contributed by atoms with Gasteiger partial charge in [-0.15, -0.1) is 10.2 Å². The average molecular weight is 497 g/mol. The van der Waals surface area contributed by atoms with Crippen molar-refractivity contribution >= 4 is 29.3 Å². The highest BCUT2D eigenvalue weighted by Crippen LogP contribution is 2.28. The Kier molecular flexibility index (Phi) is 6.82. The Morgan fingerprint density at radius 2 is 1.74 bits per heavy atom. The fourth-order valence-electron chi connectivity index (χ4n) is 3.71. The number of hydrogen-bond acceptors (Lipinski definition) is 9. The van der Waals surface area contributed by atoms with Crippen molar-refractivity contribution in [3.63, 3.8) is 0 Å². The Morgan fingerprint density at radius 3 is 2.46 bits per heavy atom. The standard InChI is InChI=1S/C23H22F2N8OS/c24-15-5-3-14(4-6-15)20-31-32-23(33(20)12-18-2-1-11-34-18)35-13-19-28-21(26)30-22(29-19)27-17-9-7-16(25)8-10-17/h3-10,18H,1-2,11-13H2,(H3,26,27,28,29,30)/t18-/m0/s1. The van der Waals surface area contributed by atoms with Crippen molar-refractivity contribution in [3.8, 4) is 11.4 Å². The van der Waals surface area contributed by atoms with E-state index in [-0.39, 0.29) is 29.6 Å². The van der Waals surface area contributed by atoms with Crippen molar-refractivity contribution in [3.05, 3.63) is 66.0 Å². The summed E-state index contributed by atoms with van der Waals surface area (Å²) in [5.74, 6) is 1.11. The molecule has 3 heterocycles. The molecule has 2 aromatic heterocycles. The summed E-state index contributed by atoms with van der Waals surface area (Å²) in [6.07, 6.45) is 2.02. The lowest BCUT2D eigenvalue weighted by atomic mass is 10.2. The average Bonchev–Trinajstić information content (AvgIpc) is 3.50. The minimum absolute atomic E-state index is 0.0591. The molecule has 1 aliphatic heterocycles. The van der Waals surface area contributed by atoms with E-state index >= 15 is 0 Å². The van der Waals surface area contributed by atoms with Gasteiger partial charge in [0.25, 0.3) is 0 Å².